The predicted octanol–water partition coefficient (Wildman–Crippen LogP) is 4.35. The molecule has 1 aliphatic rings. The highest BCUT2D eigenvalue weighted by Gasteiger charge is 2.17. The van der Waals surface area contributed by atoms with Gasteiger partial charge < -0.3 is 10.6 Å². The molecule has 2 aromatic carbocycles. The Bertz CT molecular complexity index is 690. The summed E-state index contributed by atoms with van der Waals surface area (Å²) in [5, 5.41) is 6.83. The molecule has 108 valence electrons. The number of nitrogens with zero attached hydrogens (tertiary/aromatic N) is 1. The smallest absolute Gasteiger partial charge is 0.208 e. The minimum atomic E-state index is -0.440. The fourth-order valence-electron chi connectivity index (χ4n) is 2.12. The van der Waals surface area contributed by atoms with Gasteiger partial charge in [-0.2, -0.15) is 4.40 Å². The van der Waals surface area contributed by atoms with Crippen LogP contribution in [0.1, 0.15) is 0 Å². The molecule has 1 heterocycles. The number of anilines is 1. The molecule has 2 N–H and O–H groups in total. The van der Waals surface area contributed by atoms with Crippen molar-refractivity contribution in [2.75, 3.05) is 18.5 Å². The van der Waals surface area contributed by atoms with Crippen molar-refractivity contribution in [3.63, 3.8) is 0 Å². The summed E-state index contributed by atoms with van der Waals surface area (Å²) < 4.78 is 16.5. The normalized spacial score (nSPS) is 13.1. The van der Waals surface area contributed by atoms with Crippen LogP contribution < -0.4 is 10.6 Å². The molecule has 0 atom stereocenters. The van der Waals surface area contributed by atoms with E-state index in [1.165, 1.54) is 11.9 Å². The van der Waals surface area contributed by atoms with Gasteiger partial charge >= 0.3 is 0 Å². The zero-order chi connectivity index (χ0) is 14.7. The van der Waals surface area contributed by atoms with Gasteiger partial charge in [0.2, 0.25) is 5.96 Å². The Kier molecular flexibility index (Phi) is 4.31. The summed E-state index contributed by atoms with van der Waals surface area (Å²) in [6, 6.07) is 13.7. The minimum absolute atomic E-state index is 0.232. The molecule has 0 spiro atoms. The summed E-state index contributed by atoms with van der Waals surface area (Å²) in [7, 11) is 0. The molecule has 0 saturated carbocycles. The standard InChI is InChI=1S/C15H13ClFN3S/c16-12-6-2-1-4-10(12)11-5-3-7-13-14(11)19-15(20-21-13)18-9-8-17/h1-7H,8-9H2,(H2,18,19,20). The first kappa shape index (κ1) is 14.2. The van der Waals surface area contributed by atoms with Crippen LogP contribution in [0.5, 0.6) is 0 Å². The van der Waals surface area contributed by atoms with E-state index >= 15 is 0 Å². The van der Waals surface area contributed by atoms with Crippen molar-refractivity contribution < 1.29 is 4.39 Å². The number of benzene rings is 2. The molecule has 3 rings (SSSR count). The predicted molar refractivity (Wildman–Crippen MR) is 87.8 cm³/mol. The van der Waals surface area contributed by atoms with Crippen molar-refractivity contribution in [1.29, 1.82) is 0 Å². The average Bonchev–Trinajstić information content (AvgIpc) is 2.53. The summed E-state index contributed by atoms with van der Waals surface area (Å²) in [6.45, 7) is -0.208. The van der Waals surface area contributed by atoms with E-state index in [1.807, 2.05) is 42.5 Å². The molecule has 21 heavy (non-hydrogen) atoms. The Morgan fingerprint density at radius 1 is 1.14 bits per heavy atom. The zero-order valence-electron chi connectivity index (χ0n) is 11.1. The molecule has 1 aliphatic heterocycles. The van der Waals surface area contributed by atoms with Crippen LogP contribution in [-0.4, -0.2) is 19.2 Å². The number of para-hydroxylation sites is 1. The number of halogens is 2. The SMILES string of the molecule is FCCNC1=NSc2cccc(-c3ccccc3Cl)c2N1. The van der Waals surface area contributed by atoms with Crippen LogP contribution >= 0.6 is 23.5 Å². The maximum Gasteiger partial charge on any atom is 0.208 e. The lowest BCUT2D eigenvalue weighted by Gasteiger charge is -2.21. The Balaban J connectivity index is 1.98. The maximum atomic E-state index is 12.3. The van der Waals surface area contributed by atoms with Gasteiger partial charge in [0.25, 0.3) is 0 Å². The minimum Gasteiger partial charge on any atom is -0.353 e. The van der Waals surface area contributed by atoms with E-state index in [-0.39, 0.29) is 6.54 Å². The summed E-state index contributed by atoms with van der Waals surface area (Å²) in [5.41, 5.74) is 2.89. The topological polar surface area (TPSA) is 36.4 Å². The second-order valence-electron chi connectivity index (χ2n) is 4.43. The number of alkyl halides is 1. The van der Waals surface area contributed by atoms with Gasteiger partial charge in [0.15, 0.2) is 0 Å². The molecular weight excluding hydrogens is 309 g/mol. The number of fused-ring (bicyclic) bond motifs is 1. The molecule has 0 amide bonds. The van der Waals surface area contributed by atoms with Crippen molar-refractivity contribution in [2.45, 2.75) is 4.90 Å². The van der Waals surface area contributed by atoms with Gasteiger partial charge in [0.05, 0.1) is 10.6 Å². The number of hydrogen-bond acceptors (Lipinski definition) is 4. The van der Waals surface area contributed by atoms with Gasteiger partial charge in [-0.3, -0.25) is 0 Å². The fourth-order valence-corrected chi connectivity index (χ4v) is 3.05. The van der Waals surface area contributed by atoms with Crippen LogP contribution in [0.15, 0.2) is 51.8 Å². The van der Waals surface area contributed by atoms with Gasteiger partial charge in [-0.15, -0.1) is 0 Å². The van der Waals surface area contributed by atoms with Crippen LogP contribution in [0.25, 0.3) is 11.1 Å². The Labute approximate surface area is 131 Å². The van der Waals surface area contributed by atoms with E-state index in [9.17, 15) is 4.39 Å². The number of hydrogen-bond donors (Lipinski definition) is 2. The molecule has 0 saturated heterocycles. The third-order valence-electron chi connectivity index (χ3n) is 3.06. The highest BCUT2D eigenvalue weighted by Crippen LogP contribution is 2.41. The molecule has 0 aromatic heterocycles. The first-order valence-corrected chi connectivity index (χ1v) is 7.64. The van der Waals surface area contributed by atoms with E-state index in [0.29, 0.717) is 11.0 Å². The first-order valence-electron chi connectivity index (χ1n) is 6.49. The molecule has 0 fully saturated rings. The lowest BCUT2D eigenvalue weighted by molar-refractivity contribution is 0.491. The van der Waals surface area contributed by atoms with E-state index in [0.717, 1.165) is 21.7 Å². The van der Waals surface area contributed by atoms with Gasteiger partial charge in [0.1, 0.15) is 6.67 Å². The van der Waals surface area contributed by atoms with Crippen molar-refractivity contribution in [2.24, 2.45) is 4.40 Å². The van der Waals surface area contributed by atoms with Gasteiger partial charge in [-0.05, 0) is 12.1 Å². The Morgan fingerprint density at radius 3 is 2.76 bits per heavy atom. The van der Waals surface area contributed by atoms with E-state index < -0.39 is 6.67 Å². The molecular formula is C15H13ClFN3S. The number of guanidine groups is 1. The molecule has 0 radical (unpaired) electrons. The van der Waals surface area contributed by atoms with Gasteiger partial charge in [-0.25, -0.2) is 4.39 Å². The first-order chi connectivity index (χ1) is 10.3. The average molecular weight is 322 g/mol. The molecule has 0 aliphatic carbocycles. The van der Waals surface area contributed by atoms with Crippen LogP contribution in [0, 0.1) is 0 Å². The van der Waals surface area contributed by atoms with Crippen LogP contribution in [0.2, 0.25) is 5.02 Å². The molecule has 0 unspecified atom stereocenters. The second-order valence-corrected chi connectivity index (χ2v) is 5.64. The largest absolute Gasteiger partial charge is 0.353 e. The number of nitrogens with one attached hydrogen (secondary N) is 2. The van der Waals surface area contributed by atoms with Gasteiger partial charge in [-0.1, -0.05) is 41.9 Å². The van der Waals surface area contributed by atoms with Crippen LogP contribution in [0.4, 0.5) is 10.1 Å². The summed E-state index contributed by atoms with van der Waals surface area (Å²) >= 11 is 7.65. The van der Waals surface area contributed by atoms with Crippen molar-refractivity contribution in [3.8, 4) is 11.1 Å². The third-order valence-corrected chi connectivity index (χ3v) is 4.20. The van der Waals surface area contributed by atoms with E-state index in [4.69, 9.17) is 11.6 Å². The Hall–Kier alpha value is -1.72. The lowest BCUT2D eigenvalue weighted by atomic mass is 10.0. The highest BCUT2D eigenvalue weighted by molar-refractivity contribution is 7.98. The monoisotopic (exact) mass is 321 g/mol. The van der Waals surface area contributed by atoms with E-state index in [1.54, 1.807) is 0 Å². The van der Waals surface area contributed by atoms with Crippen LogP contribution in [-0.2, 0) is 0 Å². The van der Waals surface area contributed by atoms with E-state index in [2.05, 4.69) is 15.0 Å². The Morgan fingerprint density at radius 2 is 1.95 bits per heavy atom. The molecule has 6 heteroatoms. The van der Waals surface area contributed by atoms with Crippen LogP contribution in [0.3, 0.4) is 0 Å². The number of rotatable bonds is 3. The molecule has 2 aromatic rings. The lowest BCUT2D eigenvalue weighted by Crippen LogP contribution is -2.33. The second kappa shape index (κ2) is 6.37. The molecule has 0 bridgehead atoms. The van der Waals surface area contributed by atoms with Crippen molar-refractivity contribution in [1.82, 2.24) is 5.32 Å². The van der Waals surface area contributed by atoms with Crippen molar-refractivity contribution in [3.05, 3.63) is 47.5 Å². The zero-order valence-corrected chi connectivity index (χ0v) is 12.6. The summed E-state index contributed by atoms with van der Waals surface area (Å²) in [4.78, 5) is 1.01. The van der Waals surface area contributed by atoms with Gasteiger partial charge in [0, 0.05) is 34.6 Å². The molecule has 3 nitrogen and oxygen atoms in total. The maximum absolute atomic E-state index is 12.3. The fraction of sp³-hybridized carbons (Fsp3) is 0.133. The quantitative estimate of drug-likeness (QED) is 0.825. The van der Waals surface area contributed by atoms with Crippen molar-refractivity contribution >= 4 is 35.2 Å². The summed E-state index contributed by atoms with van der Waals surface area (Å²) in [6.07, 6.45) is 0. The summed E-state index contributed by atoms with van der Waals surface area (Å²) in [5.74, 6) is 0.560. The third kappa shape index (κ3) is 2.99. The highest BCUT2D eigenvalue weighted by atomic mass is 35.5.